The van der Waals surface area contributed by atoms with E-state index in [1.165, 1.54) is 23.9 Å². The average Bonchev–Trinajstić information content (AvgIpc) is 2.62. The molecule has 0 fully saturated rings. The number of amides is 1. The van der Waals surface area contributed by atoms with Crippen LogP contribution < -0.4 is 10.1 Å². The summed E-state index contributed by atoms with van der Waals surface area (Å²) in [5, 5.41) is 13.5. The van der Waals surface area contributed by atoms with Gasteiger partial charge in [0.2, 0.25) is 5.91 Å². The van der Waals surface area contributed by atoms with Crippen molar-refractivity contribution >= 4 is 29.0 Å². The number of carbonyl (C=O) groups is 1. The summed E-state index contributed by atoms with van der Waals surface area (Å²) in [5.74, 6) is 0.709. The Morgan fingerprint density at radius 1 is 1.20 bits per heavy atom. The Balaban J connectivity index is 1.88. The first kappa shape index (κ1) is 18.8. The Bertz CT molecular complexity index is 719. The number of rotatable bonds is 9. The standard InChI is InChI=1S/C18H20N2O4S/c1-2-3-12-24-17-7-5-4-6-16(17)19-18(21)13-25-15-10-8-14(9-11-15)20(22)23/h4-11H,2-3,12-13H2,1H3,(H,19,21). The molecule has 0 spiro atoms. The molecule has 2 aromatic rings. The molecule has 0 atom stereocenters. The van der Waals surface area contributed by atoms with Crippen LogP contribution in [0.1, 0.15) is 19.8 Å². The molecular weight excluding hydrogens is 340 g/mol. The Morgan fingerprint density at radius 3 is 2.60 bits per heavy atom. The van der Waals surface area contributed by atoms with Crippen molar-refractivity contribution in [2.24, 2.45) is 0 Å². The SMILES string of the molecule is CCCCOc1ccccc1NC(=O)CSc1ccc([N+](=O)[O-])cc1. The highest BCUT2D eigenvalue weighted by molar-refractivity contribution is 8.00. The molecule has 0 bridgehead atoms. The molecule has 0 aromatic heterocycles. The van der Waals surface area contributed by atoms with Crippen LogP contribution in [0.3, 0.4) is 0 Å². The molecule has 132 valence electrons. The maximum absolute atomic E-state index is 12.1. The number of benzene rings is 2. The lowest BCUT2D eigenvalue weighted by Gasteiger charge is -2.12. The maximum Gasteiger partial charge on any atom is 0.269 e. The van der Waals surface area contributed by atoms with Crippen LogP contribution in [0.4, 0.5) is 11.4 Å². The highest BCUT2D eigenvalue weighted by Crippen LogP contribution is 2.25. The normalized spacial score (nSPS) is 10.3. The van der Waals surface area contributed by atoms with Gasteiger partial charge in [-0.3, -0.25) is 14.9 Å². The third-order valence-electron chi connectivity index (χ3n) is 3.33. The lowest BCUT2D eigenvalue weighted by molar-refractivity contribution is -0.384. The van der Waals surface area contributed by atoms with Crippen LogP contribution in [-0.2, 0) is 4.79 Å². The Kier molecular flexibility index (Phi) is 7.28. The smallest absolute Gasteiger partial charge is 0.269 e. The van der Waals surface area contributed by atoms with Gasteiger partial charge in [-0.25, -0.2) is 0 Å². The molecule has 0 saturated heterocycles. The van der Waals surface area contributed by atoms with Crippen molar-refractivity contribution in [1.82, 2.24) is 0 Å². The van der Waals surface area contributed by atoms with Gasteiger partial charge in [-0.05, 0) is 30.7 Å². The number of nitrogens with zero attached hydrogens (tertiary/aromatic N) is 1. The van der Waals surface area contributed by atoms with E-state index in [4.69, 9.17) is 4.74 Å². The minimum atomic E-state index is -0.448. The van der Waals surface area contributed by atoms with Crippen molar-refractivity contribution in [2.45, 2.75) is 24.7 Å². The molecule has 0 heterocycles. The van der Waals surface area contributed by atoms with Gasteiger partial charge in [-0.2, -0.15) is 0 Å². The van der Waals surface area contributed by atoms with Crippen molar-refractivity contribution < 1.29 is 14.5 Å². The summed E-state index contributed by atoms with van der Waals surface area (Å²) in [5.41, 5.74) is 0.680. The van der Waals surface area contributed by atoms with Crippen LogP contribution in [0.2, 0.25) is 0 Å². The van der Waals surface area contributed by atoms with Gasteiger partial charge in [0, 0.05) is 17.0 Å². The minimum absolute atomic E-state index is 0.0342. The summed E-state index contributed by atoms with van der Waals surface area (Å²) < 4.78 is 5.69. The van der Waals surface area contributed by atoms with Gasteiger partial charge >= 0.3 is 0 Å². The topological polar surface area (TPSA) is 81.5 Å². The molecule has 7 heteroatoms. The number of non-ortho nitro benzene ring substituents is 1. The third kappa shape index (κ3) is 6.11. The second-order valence-corrected chi connectivity index (χ2v) is 6.33. The molecule has 2 rings (SSSR count). The van der Waals surface area contributed by atoms with Gasteiger partial charge < -0.3 is 10.1 Å². The molecule has 25 heavy (non-hydrogen) atoms. The van der Waals surface area contributed by atoms with E-state index in [2.05, 4.69) is 12.2 Å². The summed E-state index contributed by atoms with van der Waals surface area (Å²) in [4.78, 5) is 23.1. The zero-order chi connectivity index (χ0) is 18.1. The van der Waals surface area contributed by atoms with Crippen LogP contribution in [0.5, 0.6) is 5.75 Å². The number of unbranched alkanes of at least 4 members (excludes halogenated alkanes) is 1. The van der Waals surface area contributed by atoms with E-state index in [9.17, 15) is 14.9 Å². The maximum atomic E-state index is 12.1. The van der Waals surface area contributed by atoms with Gasteiger partial charge in [0.25, 0.3) is 5.69 Å². The van der Waals surface area contributed by atoms with Crippen LogP contribution in [-0.4, -0.2) is 23.2 Å². The highest BCUT2D eigenvalue weighted by Gasteiger charge is 2.09. The van der Waals surface area contributed by atoms with Crippen LogP contribution >= 0.6 is 11.8 Å². The first-order chi connectivity index (χ1) is 12.1. The number of carbonyl (C=O) groups excluding carboxylic acids is 1. The van der Waals surface area contributed by atoms with E-state index in [0.29, 0.717) is 18.0 Å². The van der Waals surface area contributed by atoms with Gasteiger partial charge in [0.15, 0.2) is 0 Å². The highest BCUT2D eigenvalue weighted by atomic mass is 32.2. The largest absolute Gasteiger partial charge is 0.491 e. The molecule has 6 nitrogen and oxygen atoms in total. The number of ether oxygens (including phenoxy) is 1. The molecule has 0 aliphatic carbocycles. The van der Waals surface area contributed by atoms with Crippen LogP contribution in [0.15, 0.2) is 53.4 Å². The molecular formula is C18H20N2O4S. The minimum Gasteiger partial charge on any atom is -0.491 e. The molecule has 0 saturated carbocycles. The van der Waals surface area contributed by atoms with Crippen molar-refractivity contribution in [3.63, 3.8) is 0 Å². The lowest BCUT2D eigenvalue weighted by atomic mass is 10.3. The van der Waals surface area contributed by atoms with Crippen molar-refractivity contribution in [3.05, 3.63) is 58.6 Å². The molecule has 1 N–H and O–H groups in total. The predicted molar refractivity (Wildman–Crippen MR) is 99.3 cm³/mol. The number of para-hydroxylation sites is 2. The Hall–Kier alpha value is -2.54. The molecule has 1 amide bonds. The number of hydrogen-bond donors (Lipinski definition) is 1. The average molecular weight is 360 g/mol. The Morgan fingerprint density at radius 2 is 1.92 bits per heavy atom. The second-order valence-electron chi connectivity index (χ2n) is 5.29. The van der Waals surface area contributed by atoms with E-state index in [1.54, 1.807) is 18.2 Å². The summed E-state index contributed by atoms with van der Waals surface area (Å²) in [6.07, 6.45) is 2.00. The van der Waals surface area contributed by atoms with Gasteiger partial charge in [-0.1, -0.05) is 25.5 Å². The zero-order valence-electron chi connectivity index (χ0n) is 13.9. The summed E-state index contributed by atoms with van der Waals surface area (Å²) >= 11 is 1.32. The number of hydrogen-bond acceptors (Lipinski definition) is 5. The number of anilines is 1. The van der Waals surface area contributed by atoms with E-state index in [0.717, 1.165) is 17.7 Å². The van der Waals surface area contributed by atoms with E-state index in [1.807, 2.05) is 18.2 Å². The first-order valence-corrected chi connectivity index (χ1v) is 8.97. The zero-order valence-corrected chi connectivity index (χ0v) is 14.8. The number of nitro benzene ring substituents is 1. The van der Waals surface area contributed by atoms with E-state index in [-0.39, 0.29) is 17.3 Å². The first-order valence-electron chi connectivity index (χ1n) is 7.99. The lowest BCUT2D eigenvalue weighted by Crippen LogP contribution is -2.15. The fourth-order valence-electron chi connectivity index (χ4n) is 2.02. The fourth-order valence-corrected chi connectivity index (χ4v) is 2.72. The van der Waals surface area contributed by atoms with Crippen molar-refractivity contribution in [1.29, 1.82) is 0 Å². The second kappa shape index (κ2) is 9.68. The molecule has 0 aliphatic rings. The quantitative estimate of drug-likeness (QED) is 0.308. The van der Waals surface area contributed by atoms with Gasteiger partial charge in [0.1, 0.15) is 5.75 Å². The fraction of sp³-hybridized carbons (Fsp3) is 0.278. The Labute approximate surface area is 150 Å². The molecule has 2 aromatic carbocycles. The van der Waals surface area contributed by atoms with Crippen molar-refractivity contribution in [3.8, 4) is 5.75 Å². The molecule has 0 unspecified atom stereocenters. The number of nitro groups is 1. The van der Waals surface area contributed by atoms with Crippen LogP contribution in [0, 0.1) is 10.1 Å². The van der Waals surface area contributed by atoms with E-state index < -0.39 is 4.92 Å². The number of thioether (sulfide) groups is 1. The summed E-state index contributed by atoms with van der Waals surface area (Å²) in [6, 6.07) is 13.5. The molecule has 0 aliphatic heterocycles. The third-order valence-corrected chi connectivity index (χ3v) is 4.35. The predicted octanol–water partition coefficient (Wildman–Crippen LogP) is 4.50. The summed E-state index contributed by atoms with van der Waals surface area (Å²) in [7, 11) is 0. The van der Waals surface area contributed by atoms with Crippen molar-refractivity contribution in [2.75, 3.05) is 17.7 Å². The monoisotopic (exact) mass is 360 g/mol. The van der Waals surface area contributed by atoms with Crippen LogP contribution in [0.25, 0.3) is 0 Å². The molecule has 0 radical (unpaired) electrons. The van der Waals surface area contributed by atoms with Gasteiger partial charge in [-0.15, -0.1) is 11.8 Å². The van der Waals surface area contributed by atoms with E-state index >= 15 is 0 Å². The number of nitrogens with one attached hydrogen (secondary N) is 1. The summed E-state index contributed by atoms with van der Waals surface area (Å²) in [6.45, 7) is 2.70. The van der Waals surface area contributed by atoms with Gasteiger partial charge in [0.05, 0.1) is 23.0 Å².